The van der Waals surface area contributed by atoms with Gasteiger partial charge in [0.25, 0.3) is 17.7 Å². The number of ether oxygens (including phenoxy) is 2. The molecule has 9 heteroatoms. The Labute approximate surface area is 203 Å². The van der Waals surface area contributed by atoms with Crippen molar-refractivity contribution in [1.29, 1.82) is 0 Å². The van der Waals surface area contributed by atoms with Crippen LogP contribution in [-0.2, 0) is 4.79 Å². The lowest BCUT2D eigenvalue weighted by Gasteiger charge is -2.10. The van der Waals surface area contributed by atoms with Crippen LogP contribution >= 0.6 is 0 Å². The van der Waals surface area contributed by atoms with Crippen LogP contribution in [0, 0.1) is 0 Å². The van der Waals surface area contributed by atoms with Crippen LogP contribution < -0.4 is 25.6 Å². The van der Waals surface area contributed by atoms with Crippen molar-refractivity contribution in [3.05, 3.63) is 78.3 Å². The summed E-state index contributed by atoms with van der Waals surface area (Å²) in [4.78, 5) is 36.4. The van der Waals surface area contributed by atoms with Gasteiger partial charge in [-0.25, -0.2) is 0 Å². The summed E-state index contributed by atoms with van der Waals surface area (Å²) in [6, 6.07) is 16.4. The molecule has 3 amide bonds. The second kappa shape index (κ2) is 13.4. The van der Waals surface area contributed by atoms with Crippen molar-refractivity contribution in [2.75, 3.05) is 18.5 Å². The van der Waals surface area contributed by atoms with E-state index in [1.165, 1.54) is 19.1 Å². The SMILES string of the molecule is CCCCCCOc1ccc(C(=O)NNC(=O)COc2cccc(NC(=O)c3ccco3)c2)cc1. The maximum absolute atomic E-state index is 12.3. The van der Waals surface area contributed by atoms with Crippen LogP contribution in [0.2, 0.25) is 0 Å². The van der Waals surface area contributed by atoms with E-state index < -0.39 is 17.7 Å². The third kappa shape index (κ3) is 8.54. The molecule has 2 aromatic carbocycles. The standard InChI is InChI=1S/C26H29N3O6/c1-2-3-4-5-15-33-21-13-11-19(12-14-21)25(31)29-28-24(30)18-35-22-9-6-8-20(17-22)27-26(32)23-10-7-16-34-23/h6-14,16-17H,2-5,15,18H2,1H3,(H,27,32)(H,28,30)(H,29,31). The van der Waals surface area contributed by atoms with Gasteiger partial charge in [-0.15, -0.1) is 0 Å². The summed E-state index contributed by atoms with van der Waals surface area (Å²) < 4.78 is 16.2. The Bertz CT molecular complexity index is 1100. The van der Waals surface area contributed by atoms with Gasteiger partial charge in [0.15, 0.2) is 12.4 Å². The van der Waals surface area contributed by atoms with Crippen LogP contribution in [0.4, 0.5) is 5.69 Å². The van der Waals surface area contributed by atoms with Gasteiger partial charge in [-0.2, -0.15) is 0 Å². The zero-order valence-corrected chi connectivity index (χ0v) is 19.5. The molecule has 184 valence electrons. The first-order valence-electron chi connectivity index (χ1n) is 11.4. The van der Waals surface area contributed by atoms with E-state index in [1.54, 1.807) is 60.7 Å². The Morgan fingerprint density at radius 2 is 1.66 bits per heavy atom. The number of unbranched alkanes of at least 4 members (excludes halogenated alkanes) is 3. The Morgan fingerprint density at radius 1 is 0.829 bits per heavy atom. The molecule has 0 radical (unpaired) electrons. The highest BCUT2D eigenvalue weighted by molar-refractivity contribution is 6.02. The molecule has 0 saturated heterocycles. The fourth-order valence-corrected chi connectivity index (χ4v) is 3.07. The minimum Gasteiger partial charge on any atom is -0.494 e. The number of hydrogen-bond donors (Lipinski definition) is 3. The van der Waals surface area contributed by atoms with Gasteiger partial charge in [-0.05, 0) is 55.0 Å². The van der Waals surface area contributed by atoms with Crippen LogP contribution in [0.15, 0.2) is 71.3 Å². The van der Waals surface area contributed by atoms with E-state index in [4.69, 9.17) is 13.9 Å². The average Bonchev–Trinajstić information content (AvgIpc) is 3.42. The van der Waals surface area contributed by atoms with Crippen molar-refractivity contribution in [2.24, 2.45) is 0 Å². The molecule has 0 bridgehead atoms. The van der Waals surface area contributed by atoms with Crippen LogP contribution in [-0.4, -0.2) is 30.9 Å². The number of rotatable bonds is 12. The molecule has 0 atom stereocenters. The molecule has 1 heterocycles. The van der Waals surface area contributed by atoms with E-state index in [1.807, 2.05) is 0 Å². The lowest BCUT2D eigenvalue weighted by Crippen LogP contribution is -2.43. The lowest BCUT2D eigenvalue weighted by atomic mass is 10.2. The number of nitrogens with one attached hydrogen (secondary N) is 3. The summed E-state index contributed by atoms with van der Waals surface area (Å²) >= 11 is 0. The maximum atomic E-state index is 12.3. The number of amides is 3. The van der Waals surface area contributed by atoms with Gasteiger partial charge >= 0.3 is 0 Å². The van der Waals surface area contributed by atoms with Crippen molar-refractivity contribution in [3.8, 4) is 11.5 Å². The Morgan fingerprint density at radius 3 is 2.40 bits per heavy atom. The van der Waals surface area contributed by atoms with Crippen molar-refractivity contribution < 1.29 is 28.3 Å². The van der Waals surface area contributed by atoms with Crippen molar-refractivity contribution in [3.63, 3.8) is 0 Å². The highest BCUT2D eigenvalue weighted by Gasteiger charge is 2.11. The summed E-state index contributed by atoms with van der Waals surface area (Å²) in [6.07, 6.45) is 5.90. The Kier molecular flexibility index (Phi) is 9.74. The molecule has 3 rings (SSSR count). The average molecular weight is 480 g/mol. The summed E-state index contributed by atoms with van der Waals surface area (Å²) in [6.45, 7) is 2.47. The first-order chi connectivity index (χ1) is 17.0. The highest BCUT2D eigenvalue weighted by atomic mass is 16.5. The normalized spacial score (nSPS) is 10.3. The summed E-state index contributed by atoms with van der Waals surface area (Å²) in [7, 11) is 0. The Hall–Kier alpha value is -4.27. The molecule has 0 saturated carbocycles. The van der Waals surface area contributed by atoms with E-state index in [-0.39, 0.29) is 12.4 Å². The zero-order valence-electron chi connectivity index (χ0n) is 19.5. The number of benzene rings is 2. The summed E-state index contributed by atoms with van der Waals surface area (Å²) in [5.41, 5.74) is 5.51. The maximum Gasteiger partial charge on any atom is 0.291 e. The van der Waals surface area contributed by atoms with Gasteiger partial charge in [0, 0.05) is 17.3 Å². The van der Waals surface area contributed by atoms with E-state index in [9.17, 15) is 14.4 Å². The van der Waals surface area contributed by atoms with Gasteiger partial charge in [0.05, 0.1) is 12.9 Å². The number of furan rings is 1. The molecule has 0 spiro atoms. The lowest BCUT2D eigenvalue weighted by molar-refractivity contribution is -0.123. The van der Waals surface area contributed by atoms with Gasteiger partial charge in [-0.3, -0.25) is 25.2 Å². The monoisotopic (exact) mass is 479 g/mol. The molecule has 9 nitrogen and oxygen atoms in total. The number of anilines is 1. The first kappa shape index (κ1) is 25.4. The molecule has 0 aliphatic carbocycles. The molecule has 3 aromatic rings. The van der Waals surface area contributed by atoms with E-state index in [2.05, 4.69) is 23.1 Å². The molecule has 1 aromatic heterocycles. The summed E-state index contributed by atoms with van der Waals surface area (Å²) in [5, 5.41) is 2.67. The van der Waals surface area contributed by atoms with Crippen LogP contribution in [0.25, 0.3) is 0 Å². The second-order valence-electron chi connectivity index (χ2n) is 7.68. The van der Waals surface area contributed by atoms with E-state index in [0.29, 0.717) is 29.4 Å². The molecule has 0 unspecified atom stereocenters. The predicted octanol–water partition coefficient (Wildman–Crippen LogP) is 4.33. The molecule has 0 aliphatic heterocycles. The number of carbonyl (C=O) groups is 3. The van der Waals surface area contributed by atoms with Crippen LogP contribution in [0.3, 0.4) is 0 Å². The molecular weight excluding hydrogens is 450 g/mol. The number of hydrazine groups is 1. The first-order valence-corrected chi connectivity index (χ1v) is 11.4. The van der Waals surface area contributed by atoms with Crippen LogP contribution in [0.5, 0.6) is 11.5 Å². The Balaban J connectivity index is 1.38. The predicted molar refractivity (Wildman–Crippen MR) is 130 cm³/mol. The minimum atomic E-state index is -0.546. The highest BCUT2D eigenvalue weighted by Crippen LogP contribution is 2.18. The fourth-order valence-electron chi connectivity index (χ4n) is 3.07. The van der Waals surface area contributed by atoms with Crippen LogP contribution in [0.1, 0.15) is 53.5 Å². The minimum absolute atomic E-state index is 0.177. The number of carbonyl (C=O) groups excluding carboxylic acids is 3. The molecular formula is C26H29N3O6. The van der Waals surface area contributed by atoms with E-state index >= 15 is 0 Å². The molecule has 3 N–H and O–H groups in total. The van der Waals surface area contributed by atoms with Crippen molar-refractivity contribution >= 4 is 23.4 Å². The second-order valence-corrected chi connectivity index (χ2v) is 7.68. The smallest absolute Gasteiger partial charge is 0.291 e. The quantitative estimate of drug-likeness (QED) is 0.263. The third-order valence-corrected chi connectivity index (χ3v) is 4.91. The number of hydrogen-bond acceptors (Lipinski definition) is 6. The van der Waals surface area contributed by atoms with Gasteiger partial charge < -0.3 is 19.2 Å². The van der Waals surface area contributed by atoms with Crippen molar-refractivity contribution in [2.45, 2.75) is 32.6 Å². The van der Waals surface area contributed by atoms with Crippen molar-refractivity contribution in [1.82, 2.24) is 10.9 Å². The molecule has 0 fully saturated rings. The largest absolute Gasteiger partial charge is 0.494 e. The third-order valence-electron chi connectivity index (χ3n) is 4.91. The van der Waals surface area contributed by atoms with Gasteiger partial charge in [-0.1, -0.05) is 32.3 Å². The van der Waals surface area contributed by atoms with Gasteiger partial charge in [0.1, 0.15) is 11.5 Å². The fraction of sp³-hybridized carbons (Fsp3) is 0.269. The van der Waals surface area contributed by atoms with Gasteiger partial charge in [0.2, 0.25) is 0 Å². The topological polar surface area (TPSA) is 119 Å². The summed E-state index contributed by atoms with van der Waals surface area (Å²) in [5.74, 6) is -0.173. The molecule has 35 heavy (non-hydrogen) atoms. The molecule has 0 aliphatic rings. The zero-order chi connectivity index (χ0) is 24.9. The van der Waals surface area contributed by atoms with E-state index in [0.717, 1.165) is 12.8 Å².